The van der Waals surface area contributed by atoms with E-state index in [1.165, 1.54) is 12.1 Å². The zero-order valence-electron chi connectivity index (χ0n) is 13.9. The molecule has 0 fully saturated rings. The van der Waals surface area contributed by atoms with Crippen molar-refractivity contribution in [2.45, 2.75) is 26.0 Å². The van der Waals surface area contributed by atoms with Crippen LogP contribution >= 0.6 is 0 Å². The summed E-state index contributed by atoms with van der Waals surface area (Å²) in [6.07, 6.45) is -0.237. The van der Waals surface area contributed by atoms with Crippen LogP contribution in [0, 0.1) is 11.7 Å². The Bertz CT molecular complexity index is 646. The van der Waals surface area contributed by atoms with Crippen molar-refractivity contribution >= 4 is 5.91 Å². The Hall–Kier alpha value is -2.40. The first-order chi connectivity index (χ1) is 11.5. The van der Waals surface area contributed by atoms with E-state index in [1.54, 1.807) is 19.1 Å². The first-order valence-corrected chi connectivity index (χ1v) is 7.98. The second kappa shape index (κ2) is 8.45. The van der Waals surface area contributed by atoms with Crippen molar-refractivity contribution in [1.82, 2.24) is 5.32 Å². The Morgan fingerprint density at radius 3 is 2.38 bits per heavy atom. The average molecular weight is 330 g/mol. The molecule has 2 rings (SSSR count). The fourth-order valence-electron chi connectivity index (χ4n) is 2.32. The van der Waals surface area contributed by atoms with Crippen LogP contribution in [0.4, 0.5) is 4.39 Å². The third-order valence-corrected chi connectivity index (χ3v) is 3.85. The molecule has 24 heavy (non-hydrogen) atoms. The van der Waals surface area contributed by atoms with E-state index in [2.05, 4.69) is 5.32 Å². The van der Waals surface area contributed by atoms with E-state index in [0.717, 1.165) is 5.56 Å². The molecule has 128 valence electrons. The van der Waals surface area contributed by atoms with Crippen molar-refractivity contribution in [2.24, 2.45) is 11.7 Å². The van der Waals surface area contributed by atoms with E-state index >= 15 is 0 Å². The number of hydrogen-bond acceptors (Lipinski definition) is 3. The number of carbonyl (C=O) groups is 1. The number of nitrogens with two attached hydrogens (primary N) is 1. The van der Waals surface area contributed by atoms with Crippen LogP contribution in [0.15, 0.2) is 54.6 Å². The van der Waals surface area contributed by atoms with Gasteiger partial charge in [0, 0.05) is 6.04 Å². The summed E-state index contributed by atoms with van der Waals surface area (Å²) in [5, 5.41) is 2.85. The molecule has 0 bridgehead atoms. The smallest absolute Gasteiger partial charge is 0.224 e. The van der Waals surface area contributed by atoms with Gasteiger partial charge in [-0.3, -0.25) is 4.79 Å². The van der Waals surface area contributed by atoms with E-state index in [9.17, 15) is 9.18 Å². The van der Waals surface area contributed by atoms with Crippen molar-refractivity contribution in [1.29, 1.82) is 0 Å². The standard InChI is InChI=1S/C19H23FN2O2/c1-13(24-17-10-8-16(20)9-11-17)12-22-19(23)14(2)18(21)15-6-4-3-5-7-15/h3-11,13-14,18H,12,21H2,1-2H3,(H,22,23). The van der Waals surface area contributed by atoms with Gasteiger partial charge in [0.15, 0.2) is 0 Å². The molecule has 3 N–H and O–H groups in total. The molecular weight excluding hydrogens is 307 g/mol. The van der Waals surface area contributed by atoms with Gasteiger partial charge >= 0.3 is 0 Å². The zero-order chi connectivity index (χ0) is 17.5. The summed E-state index contributed by atoms with van der Waals surface area (Å²) in [6, 6.07) is 15.0. The zero-order valence-corrected chi connectivity index (χ0v) is 13.9. The molecule has 1 amide bonds. The Balaban J connectivity index is 1.82. The van der Waals surface area contributed by atoms with Gasteiger partial charge in [0.2, 0.25) is 5.91 Å². The summed E-state index contributed by atoms with van der Waals surface area (Å²) in [4.78, 5) is 12.3. The summed E-state index contributed by atoms with van der Waals surface area (Å²) in [7, 11) is 0. The number of benzene rings is 2. The van der Waals surface area contributed by atoms with E-state index < -0.39 is 0 Å². The van der Waals surface area contributed by atoms with Crippen LogP contribution in [-0.4, -0.2) is 18.6 Å². The van der Waals surface area contributed by atoms with Gasteiger partial charge in [0.1, 0.15) is 17.7 Å². The van der Waals surface area contributed by atoms with Gasteiger partial charge in [-0.05, 0) is 36.8 Å². The first-order valence-electron chi connectivity index (χ1n) is 7.98. The molecule has 0 aliphatic rings. The van der Waals surface area contributed by atoms with Crippen molar-refractivity contribution in [2.75, 3.05) is 6.54 Å². The lowest BCUT2D eigenvalue weighted by Crippen LogP contribution is -2.40. The monoisotopic (exact) mass is 330 g/mol. The van der Waals surface area contributed by atoms with Crippen molar-refractivity contribution < 1.29 is 13.9 Å². The largest absolute Gasteiger partial charge is 0.489 e. The predicted molar refractivity (Wildman–Crippen MR) is 92.0 cm³/mol. The molecule has 0 aliphatic carbocycles. The van der Waals surface area contributed by atoms with Gasteiger partial charge in [0.05, 0.1) is 12.5 Å². The third-order valence-electron chi connectivity index (χ3n) is 3.85. The van der Waals surface area contributed by atoms with Crippen LogP contribution in [0.3, 0.4) is 0 Å². The molecule has 0 aliphatic heterocycles. The molecule has 0 heterocycles. The molecule has 3 unspecified atom stereocenters. The molecule has 0 saturated carbocycles. The molecule has 0 saturated heterocycles. The van der Waals surface area contributed by atoms with Crippen LogP contribution in [0.5, 0.6) is 5.75 Å². The number of amides is 1. The number of rotatable bonds is 7. The summed E-state index contributed by atoms with van der Waals surface area (Å²) in [5.41, 5.74) is 7.08. The maximum atomic E-state index is 12.9. The summed E-state index contributed by atoms with van der Waals surface area (Å²) < 4.78 is 18.5. The summed E-state index contributed by atoms with van der Waals surface area (Å²) >= 11 is 0. The molecule has 4 nitrogen and oxygen atoms in total. The fraction of sp³-hybridized carbons (Fsp3) is 0.316. The third kappa shape index (κ3) is 5.06. The minimum Gasteiger partial charge on any atom is -0.489 e. The van der Waals surface area contributed by atoms with Crippen LogP contribution in [0.1, 0.15) is 25.5 Å². The Labute approximate surface area is 141 Å². The first kappa shape index (κ1) is 17.9. The van der Waals surface area contributed by atoms with Crippen LogP contribution in [0.25, 0.3) is 0 Å². The quantitative estimate of drug-likeness (QED) is 0.820. The minimum atomic E-state index is -0.362. The van der Waals surface area contributed by atoms with Gasteiger partial charge in [-0.2, -0.15) is 0 Å². The van der Waals surface area contributed by atoms with Gasteiger partial charge in [-0.1, -0.05) is 37.3 Å². The number of hydrogen-bond donors (Lipinski definition) is 2. The van der Waals surface area contributed by atoms with Gasteiger partial charge in [0.25, 0.3) is 0 Å². The lowest BCUT2D eigenvalue weighted by molar-refractivity contribution is -0.125. The maximum absolute atomic E-state index is 12.9. The van der Waals surface area contributed by atoms with Crippen molar-refractivity contribution in [3.8, 4) is 5.75 Å². The van der Waals surface area contributed by atoms with Gasteiger partial charge in [-0.25, -0.2) is 4.39 Å². The molecule has 3 atom stereocenters. The molecular formula is C19H23FN2O2. The lowest BCUT2D eigenvalue weighted by atomic mass is 9.94. The Morgan fingerprint density at radius 1 is 1.12 bits per heavy atom. The molecule has 0 aromatic heterocycles. The van der Waals surface area contributed by atoms with Gasteiger partial charge in [-0.15, -0.1) is 0 Å². The number of ether oxygens (including phenoxy) is 1. The highest BCUT2D eigenvalue weighted by Gasteiger charge is 2.22. The fourth-order valence-corrected chi connectivity index (χ4v) is 2.32. The topological polar surface area (TPSA) is 64.4 Å². The Kier molecular flexibility index (Phi) is 6.32. The second-order valence-electron chi connectivity index (χ2n) is 5.85. The predicted octanol–water partition coefficient (Wildman–Crippen LogP) is 3.05. The summed E-state index contributed by atoms with van der Waals surface area (Å²) in [5.74, 6) is -0.231. The van der Waals surface area contributed by atoms with Crippen molar-refractivity contribution in [3.05, 3.63) is 66.0 Å². The van der Waals surface area contributed by atoms with E-state index in [4.69, 9.17) is 10.5 Å². The minimum absolute atomic E-state index is 0.124. The van der Waals surface area contributed by atoms with E-state index in [-0.39, 0.29) is 29.8 Å². The van der Waals surface area contributed by atoms with Crippen LogP contribution in [0.2, 0.25) is 0 Å². The molecule has 0 radical (unpaired) electrons. The number of halogens is 1. The molecule has 0 spiro atoms. The second-order valence-corrected chi connectivity index (χ2v) is 5.85. The highest BCUT2D eigenvalue weighted by molar-refractivity contribution is 5.79. The average Bonchev–Trinajstić information content (AvgIpc) is 2.61. The highest BCUT2D eigenvalue weighted by atomic mass is 19.1. The van der Waals surface area contributed by atoms with Crippen LogP contribution in [-0.2, 0) is 4.79 Å². The normalized spacial score (nSPS) is 14.5. The summed E-state index contributed by atoms with van der Waals surface area (Å²) in [6.45, 7) is 3.99. The molecule has 2 aromatic rings. The maximum Gasteiger partial charge on any atom is 0.224 e. The molecule has 2 aromatic carbocycles. The van der Waals surface area contributed by atoms with Crippen LogP contribution < -0.4 is 15.8 Å². The van der Waals surface area contributed by atoms with E-state index in [0.29, 0.717) is 12.3 Å². The Morgan fingerprint density at radius 2 is 1.75 bits per heavy atom. The lowest BCUT2D eigenvalue weighted by Gasteiger charge is -2.21. The van der Waals surface area contributed by atoms with E-state index in [1.807, 2.05) is 37.3 Å². The highest BCUT2D eigenvalue weighted by Crippen LogP contribution is 2.19. The number of nitrogens with one attached hydrogen (secondary N) is 1. The van der Waals surface area contributed by atoms with Gasteiger partial charge < -0.3 is 15.8 Å². The molecule has 5 heteroatoms. The van der Waals surface area contributed by atoms with Crippen molar-refractivity contribution in [3.63, 3.8) is 0 Å². The SMILES string of the molecule is CC(CNC(=O)C(C)C(N)c1ccccc1)Oc1ccc(F)cc1. The number of carbonyl (C=O) groups excluding carboxylic acids is 1.